The van der Waals surface area contributed by atoms with Crippen molar-refractivity contribution in [3.05, 3.63) is 35.9 Å². The van der Waals surface area contributed by atoms with E-state index in [9.17, 15) is 9.59 Å². The molecule has 0 aliphatic rings. The molecule has 0 radical (unpaired) electrons. The monoisotopic (exact) mass is 296 g/mol. The summed E-state index contributed by atoms with van der Waals surface area (Å²) in [6.07, 6.45) is 0.985. The number of rotatable bonds is 7. The molecule has 20 heavy (non-hydrogen) atoms. The third-order valence-corrected chi connectivity index (χ3v) is 4.13. The van der Waals surface area contributed by atoms with Gasteiger partial charge in [0.1, 0.15) is 11.5 Å². The summed E-state index contributed by atoms with van der Waals surface area (Å²) in [5.74, 6) is -0.529. The highest BCUT2D eigenvalue weighted by atomic mass is 35.5. The highest BCUT2D eigenvalue weighted by molar-refractivity contribution is 6.66. The molecule has 4 heteroatoms. The van der Waals surface area contributed by atoms with Crippen LogP contribution in [0.25, 0.3) is 0 Å². The number of halogens is 1. The summed E-state index contributed by atoms with van der Waals surface area (Å²) in [6, 6.07) is 9.51. The molecule has 0 amide bonds. The average Bonchev–Trinajstić information content (AvgIpc) is 2.47. The summed E-state index contributed by atoms with van der Waals surface area (Å²) >= 11 is 5.63. The zero-order chi connectivity index (χ0) is 15.2. The molecule has 0 aromatic heterocycles. The largest absolute Gasteiger partial charge is 0.457 e. The molecule has 1 atom stereocenters. The minimum absolute atomic E-state index is 0.343. The number of ether oxygens (including phenoxy) is 1. The van der Waals surface area contributed by atoms with Crippen LogP contribution in [-0.4, -0.2) is 11.2 Å². The Morgan fingerprint density at radius 1 is 1.15 bits per heavy atom. The Kier molecular flexibility index (Phi) is 6.21. The Bertz CT molecular complexity index is 452. The van der Waals surface area contributed by atoms with E-state index in [4.69, 9.17) is 16.3 Å². The van der Waals surface area contributed by atoms with Gasteiger partial charge in [0.25, 0.3) is 0 Å². The predicted octanol–water partition coefficient (Wildman–Crippen LogP) is 4.25. The molecule has 0 spiro atoms. The van der Waals surface area contributed by atoms with Gasteiger partial charge in [0, 0.05) is 0 Å². The highest BCUT2D eigenvalue weighted by Gasteiger charge is 2.44. The van der Waals surface area contributed by atoms with E-state index in [0.29, 0.717) is 19.3 Å². The Morgan fingerprint density at radius 3 is 2.10 bits per heavy atom. The number of carbonyl (C=O) groups excluding carboxylic acids is 2. The second-order valence-corrected chi connectivity index (χ2v) is 5.12. The van der Waals surface area contributed by atoms with Crippen molar-refractivity contribution in [3.63, 3.8) is 0 Å². The van der Waals surface area contributed by atoms with E-state index in [1.165, 1.54) is 0 Å². The first kappa shape index (κ1) is 16.7. The first-order valence-electron chi connectivity index (χ1n) is 6.97. The number of carbonyl (C=O) groups is 2. The fourth-order valence-electron chi connectivity index (χ4n) is 2.19. The summed E-state index contributed by atoms with van der Waals surface area (Å²) in [5, 5.41) is -0.643. The Balaban J connectivity index is 2.95. The zero-order valence-electron chi connectivity index (χ0n) is 12.2. The van der Waals surface area contributed by atoms with Crippen molar-refractivity contribution in [3.8, 4) is 0 Å². The van der Waals surface area contributed by atoms with E-state index in [0.717, 1.165) is 5.56 Å². The molecular weight excluding hydrogens is 276 g/mol. The highest BCUT2D eigenvalue weighted by Crippen LogP contribution is 2.34. The minimum Gasteiger partial charge on any atom is -0.457 e. The fraction of sp³-hybridized carbons (Fsp3) is 0.500. The maximum atomic E-state index is 12.4. The quantitative estimate of drug-likeness (QED) is 0.429. The summed E-state index contributed by atoms with van der Waals surface area (Å²) in [4.78, 5) is 24.0. The molecular formula is C16H21ClO3. The standard InChI is InChI=1S/C16H21ClO3/c1-4-13(12-10-8-7-9-11-12)20-15(19)16(5-2,6-3)14(17)18/h7-11,13H,4-6H2,1-3H3. The summed E-state index contributed by atoms with van der Waals surface area (Å²) < 4.78 is 5.55. The van der Waals surface area contributed by atoms with E-state index in [1.54, 1.807) is 13.8 Å². The van der Waals surface area contributed by atoms with Gasteiger partial charge in [-0.3, -0.25) is 9.59 Å². The molecule has 1 unspecified atom stereocenters. The lowest BCUT2D eigenvalue weighted by atomic mass is 9.84. The zero-order valence-corrected chi connectivity index (χ0v) is 12.9. The molecule has 1 aromatic carbocycles. The van der Waals surface area contributed by atoms with Gasteiger partial charge in [-0.05, 0) is 36.4 Å². The number of hydrogen-bond acceptors (Lipinski definition) is 3. The molecule has 0 aliphatic carbocycles. The third-order valence-electron chi connectivity index (χ3n) is 3.77. The Labute approximate surface area is 125 Å². The molecule has 110 valence electrons. The lowest BCUT2D eigenvalue weighted by molar-refractivity contribution is -0.164. The molecule has 1 rings (SSSR count). The van der Waals surface area contributed by atoms with Crippen molar-refractivity contribution in [2.24, 2.45) is 5.41 Å². The molecule has 0 aliphatic heterocycles. The van der Waals surface area contributed by atoms with Gasteiger partial charge in [-0.15, -0.1) is 0 Å². The van der Waals surface area contributed by atoms with Crippen LogP contribution < -0.4 is 0 Å². The van der Waals surface area contributed by atoms with Gasteiger partial charge in [-0.2, -0.15) is 0 Å². The second kappa shape index (κ2) is 7.44. The minimum atomic E-state index is -1.23. The molecule has 0 bridgehead atoms. The van der Waals surface area contributed by atoms with E-state index < -0.39 is 16.6 Å². The summed E-state index contributed by atoms with van der Waals surface area (Å²) in [6.45, 7) is 5.48. The molecule has 1 aromatic rings. The topological polar surface area (TPSA) is 43.4 Å². The molecule has 0 N–H and O–H groups in total. The van der Waals surface area contributed by atoms with Gasteiger partial charge >= 0.3 is 5.97 Å². The van der Waals surface area contributed by atoms with E-state index in [2.05, 4.69) is 0 Å². The van der Waals surface area contributed by atoms with Crippen molar-refractivity contribution in [1.29, 1.82) is 0 Å². The Morgan fingerprint density at radius 2 is 1.70 bits per heavy atom. The van der Waals surface area contributed by atoms with Crippen LogP contribution in [0.15, 0.2) is 30.3 Å². The molecule has 0 heterocycles. The SMILES string of the molecule is CCC(OC(=O)C(CC)(CC)C(=O)Cl)c1ccccc1. The van der Waals surface area contributed by atoms with Gasteiger partial charge in [-0.1, -0.05) is 51.1 Å². The second-order valence-electron chi connectivity index (χ2n) is 4.78. The number of esters is 1. The molecule has 0 saturated heterocycles. The van der Waals surface area contributed by atoms with Crippen LogP contribution in [0.3, 0.4) is 0 Å². The van der Waals surface area contributed by atoms with E-state index in [1.807, 2.05) is 37.3 Å². The van der Waals surface area contributed by atoms with Gasteiger partial charge in [0.2, 0.25) is 5.24 Å². The van der Waals surface area contributed by atoms with Crippen molar-refractivity contribution in [2.45, 2.75) is 46.1 Å². The van der Waals surface area contributed by atoms with Crippen LogP contribution in [0.5, 0.6) is 0 Å². The van der Waals surface area contributed by atoms with Crippen LogP contribution in [0.1, 0.15) is 51.7 Å². The first-order valence-corrected chi connectivity index (χ1v) is 7.35. The van der Waals surface area contributed by atoms with Crippen molar-refractivity contribution >= 4 is 22.8 Å². The lowest BCUT2D eigenvalue weighted by Gasteiger charge is -2.27. The predicted molar refractivity (Wildman–Crippen MR) is 79.4 cm³/mol. The van der Waals surface area contributed by atoms with Crippen molar-refractivity contribution in [2.75, 3.05) is 0 Å². The normalized spacial score (nSPS) is 12.8. The molecule has 3 nitrogen and oxygen atoms in total. The van der Waals surface area contributed by atoms with Crippen LogP contribution >= 0.6 is 11.6 Å². The van der Waals surface area contributed by atoms with Crippen LogP contribution in [-0.2, 0) is 14.3 Å². The number of benzene rings is 1. The lowest BCUT2D eigenvalue weighted by Crippen LogP contribution is -2.38. The van der Waals surface area contributed by atoms with Crippen LogP contribution in [0.2, 0.25) is 0 Å². The average molecular weight is 297 g/mol. The van der Waals surface area contributed by atoms with E-state index >= 15 is 0 Å². The molecule has 0 fully saturated rings. The summed E-state index contributed by atoms with van der Waals surface area (Å²) in [5.41, 5.74) is -0.310. The third kappa shape index (κ3) is 3.40. The summed E-state index contributed by atoms with van der Waals surface area (Å²) in [7, 11) is 0. The van der Waals surface area contributed by atoms with Crippen LogP contribution in [0.4, 0.5) is 0 Å². The Hall–Kier alpha value is -1.35. The first-order chi connectivity index (χ1) is 9.51. The number of hydrogen-bond donors (Lipinski definition) is 0. The molecule has 0 saturated carbocycles. The van der Waals surface area contributed by atoms with Gasteiger partial charge in [0.05, 0.1) is 0 Å². The fourth-order valence-corrected chi connectivity index (χ4v) is 2.54. The smallest absolute Gasteiger partial charge is 0.321 e. The maximum Gasteiger partial charge on any atom is 0.321 e. The van der Waals surface area contributed by atoms with Gasteiger partial charge < -0.3 is 4.74 Å². The van der Waals surface area contributed by atoms with Crippen LogP contribution in [0, 0.1) is 5.41 Å². The van der Waals surface area contributed by atoms with E-state index in [-0.39, 0.29) is 6.10 Å². The van der Waals surface area contributed by atoms with Crippen molar-refractivity contribution < 1.29 is 14.3 Å². The van der Waals surface area contributed by atoms with Crippen molar-refractivity contribution in [1.82, 2.24) is 0 Å². The van der Waals surface area contributed by atoms with Gasteiger partial charge in [0.15, 0.2) is 0 Å². The van der Waals surface area contributed by atoms with Gasteiger partial charge in [-0.25, -0.2) is 0 Å². The maximum absolute atomic E-state index is 12.4.